The van der Waals surface area contributed by atoms with E-state index in [0.717, 1.165) is 66.0 Å². The van der Waals surface area contributed by atoms with E-state index in [1.165, 1.54) is 12.1 Å². The van der Waals surface area contributed by atoms with E-state index in [0.29, 0.717) is 0 Å². The fourth-order valence-corrected chi connectivity index (χ4v) is 4.46. The maximum atomic E-state index is 13.2. The Kier molecular flexibility index (Phi) is 5.51. The minimum absolute atomic E-state index is 0.135. The molecule has 1 N–H and O–H groups in total. The summed E-state index contributed by atoms with van der Waals surface area (Å²) in [7, 11) is 1.91. The predicted octanol–water partition coefficient (Wildman–Crippen LogP) is 4.97. The smallest absolute Gasteiger partial charge is 0.128 e. The molecule has 1 aliphatic rings. The van der Waals surface area contributed by atoms with Crippen molar-refractivity contribution in [2.24, 2.45) is 7.05 Å². The van der Waals surface area contributed by atoms with Gasteiger partial charge in [0.15, 0.2) is 0 Å². The van der Waals surface area contributed by atoms with Crippen LogP contribution in [0.2, 0.25) is 0 Å². The molecule has 1 aromatic carbocycles. The van der Waals surface area contributed by atoms with Gasteiger partial charge in [-0.1, -0.05) is 0 Å². The van der Waals surface area contributed by atoms with E-state index < -0.39 is 0 Å². The molecule has 0 unspecified atom stereocenters. The molecular weight excluding hydrogens is 407 g/mol. The van der Waals surface area contributed by atoms with Gasteiger partial charge in [0.05, 0.1) is 23.9 Å². The molecule has 0 radical (unpaired) electrons. The van der Waals surface area contributed by atoms with Crippen molar-refractivity contribution < 1.29 is 9.13 Å². The average Bonchev–Trinajstić information content (AvgIpc) is 3.39. The van der Waals surface area contributed by atoms with Gasteiger partial charge in [-0.2, -0.15) is 10.2 Å². The summed E-state index contributed by atoms with van der Waals surface area (Å²) >= 11 is 0. The van der Waals surface area contributed by atoms with Gasteiger partial charge in [0.2, 0.25) is 0 Å². The number of hydrogen-bond donors (Lipinski definition) is 1. The molecule has 0 atom stereocenters. The second kappa shape index (κ2) is 8.61. The summed E-state index contributed by atoms with van der Waals surface area (Å²) in [5, 5.41) is 13.7. The zero-order chi connectivity index (χ0) is 22.1. The van der Waals surface area contributed by atoms with Crippen LogP contribution in [-0.2, 0) is 7.05 Å². The van der Waals surface area contributed by atoms with Crippen LogP contribution in [-0.4, -0.2) is 37.2 Å². The summed E-state index contributed by atoms with van der Waals surface area (Å²) < 4.78 is 23.2. The van der Waals surface area contributed by atoms with E-state index in [1.54, 1.807) is 16.8 Å². The number of fused-ring (bicyclic) bond motifs is 1. The number of rotatable bonds is 6. The normalized spacial score (nSPS) is 18.7. The number of nitrogens with zero attached hydrogens (tertiary/aromatic N) is 5. The van der Waals surface area contributed by atoms with Crippen molar-refractivity contribution in [1.82, 2.24) is 24.5 Å². The number of hydrogen-bond acceptors (Lipinski definition) is 5. The van der Waals surface area contributed by atoms with E-state index in [-0.39, 0.29) is 18.0 Å². The molecule has 8 heteroatoms. The second-order valence-corrected chi connectivity index (χ2v) is 8.32. The van der Waals surface area contributed by atoms with E-state index in [2.05, 4.69) is 33.1 Å². The molecule has 4 aromatic rings. The summed E-state index contributed by atoms with van der Waals surface area (Å²) in [4.78, 5) is 4.57. The molecule has 166 valence electrons. The third kappa shape index (κ3) is 4.04. The number of ether oxygens (including phenoxy) is 1. The Hall–Kier alpha value is -3.42. The van der Waals surface area contributed by atoms with Gasteiger partial charge in [-0.05, 0) is 56.9 Å². The molecule has 0 saturated heterocycles. The monoisotopic (exact) mass is 434 g/mol. The lowest BCUT2D eigenvalue weighted by atomic mass is 9.93. The molecular formula is C24H27FN6O. The maximum absolute atomic E-state index is 13.2. The first kappa shape index (κ1) is 20.5. The van der Waals surface area contributed by atoms with Crippen LogP contribution < -0.4 is 10.1 Å². The van der Waals surface area contributed by atoms with Crippen LogP contribution in [0.1, 0.15) is 38.6 Å². The van der Waals surface area contributed by atoms with Crippen LogP contribution in [0, 0.1) is 5.82 Å². The van der Waals surface area contributed by atoms with Gasteiger partial charge in [-0.25, -0.2) is 9.37 Å². The zero-order valence-corrected chi connectivity index (χ0v) is 18.3. The molecule has 3 aromatic heterocycles. The number of halogens is 1. The molecule has 1 aliphatic carbocycles. The SMILES string of the molecule is CCNc1cc2c(cn1)c(-c1cnn(C)c1)nn2C1CCC(Oc2ccc(F)cc2)CC1. The van der Waals surface area contributed by atoms with Crippen molar-refractivity contribution in [1.29, 1.82) is 0 Å². The number of nitrogens with one attached hydrogen (secondary N) is 1. The topological polar surface area (TPSA) is 69.8 Å². The summed E-state index contributed by atoms with van der Waals surface area (Å²) in [6.07, 6.45) is 9.66. The van der Waals surface area contributed by atoms with Crippen LogP contribution in [0.15, 0.2) is 48.9 Å². The lowest BCUT2D eigenvalue weighted by Crippen LogP contribution is -2.26. The van der Waals surface area contributed by atoms with Crippen molar-refractivity contribution in [2.75, 3.05) is 11.9 Å². The molecule has 0 aliphatic heterocycles. The highest BCUT2D eigenvalue weighted by Crippen LogP contribution is 2.36. The molecule has 3 heterocycles. The minimum Gasteiger partial charge on any atom is -0.490 e. The molecule has 0 spiro atoms. The summed E-state index contributed by atoms with van der Waals surface area (Å²) in [5.41, 5.74) is 2.98. The number of aromatic nitrogens is 5. The van der Waals surface area contributed by atoms with Gasteiger partial charge in [0.1, 0.15) is 23.1 Å². The Morgan fingerprint density at radius 1 is 1.12 bits per heavy atom. The van der Waals surface area contributed by atoms with E-state index in [4.69, 9.17) is 9.84 Å². The second-order valence-electron chi connectivity index (χ2n) is 8.32. The van der Waals surface area contributed by atoms with E-state index >= 15 is 0 Å². The average molecular weight is 435 g/mol. The van der Waals surface area contributed by atoms with Crippen molar-refractivity contribution >= 4 is 16.7 Å². The van der Waals surface area contributed by atoms with Gasteiger partial charge in [-0.15, -0.1) is 0 Å². The minimum atomic E-state index is -0.248. The van der Waals surface area contributed by atoms with Crippen LogP contribution >= 0.6 is 0 Å². The number of aryl methyl sites for hydroxylation is 1. The lowest BCUT2D eigenvalue weighted by molar-refractivity contribution is 0.131. The fraction of sp³-hybridized carbons (Fsp3) is 0.375. The lowest BCUT2D eigenvalue weighted by Gasteiger charge is -2.29. The molecule has 32 heavy (non-hydrogen) atoms. The molecule has 0 amide bonds. The number of pyridine rings is 1. The highest BCUT2D eigenvalue weighted by Gasteiger charge is 2.27. The predicted molar refractivity (Wildman–Crippen MR) is 122 cm³/mol. The van der Waals surface area contributed by atoms with Gasteiger partial charge >= 0.3 is 0 Å². The van der Waals surface area contributed by atoms with Crippen LogP contribution in [0.3, 0.4) is 0 Å². The molecule has 0 bridgehead atoms. The summed E-state index contributed by atoms with van der Waals surface area (Å²) in [6, 6.07) is 8.63. The molecule has 5 rings (SSSR count). The van der Waals surface area contributed by atoms with Crippen LogP contribution in [0.5, 0.6) is 5.75 Å². The Balaban J connectivity index is 1.40. The first-order valence-electron chi connectivity index (χ1n) is 11.1. The van der Waals surface area contributed by atoms with Crippen molar-refractivity contribution in [2.45, 2.75) is 44.8 Å². The van der Waals surface area contributed by atoms with Crippen molar-refractivity contribution in [3.8, 4) is 17.0 Å². The highest BCUT2D eigenvalue weighted by atomic mass is 19.1. The number of anilines is 1. The molecule has 1 fully saturated rings. The first-order valence-corrected chi connectivity index (χ1v) is 11.1. The zero-order valence-electron chi connectivity index (χ0n) is 18.3. The number of benzene rings is 1. The third-order valence-corrected chi connectivity index (χ3v) is 6.03. The van der Waals surface area contributed by atoms with Gasteiger partial charge in [0, 0.05) is 43.0 Å². The Morgan fingerprint density at radius 3 is 2.59 bits per heavy atom. The Bertz CT molecular complexity index is 1210. The third-order valence-electron chi connectivity index (χ3n) is 6.03. The van der Waals surface area contributed by atoms with Crippen LogP contribution in [0.25, 0.3) is 22.2 Å². The van der Waals surface area contributed by atoms with Gasteiger partial charge in [0.25, 0.3) is 0 Å². The first-order chi connectivity index (χ1) is 15.6. The van der Waals surface area contributed by atoms with Crippen molar-refractivity contribution in [3.63, 3.8) is 0 Å². The van der Waals surface area contributed by atoms with Crippen molar-refractivity contribution in [3.05, 3.63) is 54.7 Å². The molecule has 7 nitrogen and oxygen atoms in total. The fourth-order valence-electron chi connectivity index (χ4n) is 4.46. The van der Waals surface area contributed by atoms with E-state index in [9.17, 15) is 4.39 Å². The Morgan fingerprint density at radius 2 is 1.91 bits per heavy atom. The summed E-state index contributed by atoms with van der Waals surface area (Å²) in [6.45, 7) is 2.88. The Labute approximate surface area is 186 Å². The standard InChI is InChI=1S/C24H27FN6O/c1-3-26-23-12-22-21(14-27-23)24(16-13-28-30(2)15-16)29-31(22)18-6-10-20(11-7-18)32-19-8-4-17(25)5-9-19/h4-5,8-9,12-15,18,20H,3,6-7,10-11H2,1-2H3,(H,26,27). The van der Waals surface area contributed by atoms with Gasteiger partial charge in [-0.3, -0.25) is 9.36 Å². The maximum Gasteiger partial charge on any atom is 0.128 e. The highest BCUT2D eigenvalue weighted by molar-refractivity contribution is 5.93. The van der Waals surface area contributed by atoms with Crippen LogP contribution in [0.4, 0.5) is 10.2 Å². The summed E-state index contributed by atoms with van der Waals surface area (Å²) in [5.74, 6) is 1.33. The quantitative estimate of drug-likeness (QED) is 0.464. The van der Waals surface area contributed by atoms with E-state index in [1.807, 2.05) is 25.6 Å². The largest absolute Gasteiger partial charge is 0.490 e. The van der Waals surface area contributed by atoms with Gasteiger partial charge < -0.3 is 10.1 Å². The molecule has 1 saturated carbocycles.